The molecule has 6 N–H and O–H groups in total. The van der Waals surface area contributed by atoms with Crippen molar-refractivity contribution < 1.29 is 61.5 Å². The number of carbonyl (C=O) groups excluding carboxylic acids is 2. The van der Waals surface area contributed by atoms with Gasteiger partial charge in [-0.1, -0.05) is 6.07 Å². The van der Waals surface area contributed by atoms with Gasteiger partial charge in [-0.15, -0.1) is 5.11 Å². The third kappa shape index (κ3) is 12.1. The van der Waals surface area contributed by atoms with E-state index in [0.717, 1.165) is 43.3 Å². The molecule has 19 nitrogen and oxygen atoms in total. The molecule has 0 unspecified atom stereocenters. The van der Waals surface area contributed by atoms with Crippen LogP contribution in [0.15, 0.2) is 102 Å². The summed E-state index contributed by atoms with van der Waals surface area (Å²) in [5.74, 6) is -2.06. The van der Waals surface area contributed by atoms with Crippen LogP contribution in [-0.4, -0.2) is 188 Å². The topological polar surface area (TPSA) is 313 Å². The third-order valence-electron chi connectivity index (χ3n) is 6.98. The summed E-state index contributed by atoms with van der Waals surface area (Å²) in [6.07, 6.45) is 0.543. The van der Waals surface area contributed by atoms with Gasteiger partial charge in [-0.25, -0.2) is 0 Å². The first-order valence-corrected chi connectivity index (χ1v) is 19.4. The number of hydrazone groups is 1. The maximum absolute atomic E-state index is 13.8. The molecule has 4 aromatic rings. The van der Waals surface area contributed by atoms with Gasteiger partial charge in [0.1, 0.15) is 9.80 Å². The molecule has 0 spiro atoms. The van der Waals surface area contributed by atoms with Crippen molar-refractivity contribution in [3.05, 3.63) is 82.8 Å². The first-order valence-electron chi connectivity index (χ1n) is 13.6. The molecule has 0 radical (unpaired) electrons. The molecule has 1 aliphatic carbocycles. The van der Waals surface area contributed by atoms with Gasteiger partial charge in [0, 0.05) is 23.3 Å². The summed E-state index contributed by atoms with van der Waals surface area (Å²) in [7, 11) is -19.7. The van der Waals surface area contributed by atoms with Gasteiger partial charge < -0.3 is 5.32 Å². The second-order valence-corrected chi connectivity index (χ2v) is 16.0. The van der Waals surface area contributed by atoms with E-state index in [1.54, 1.807) is 0 Å². The molecule has 1 amide bonds. The molecule has 0 atom stereocenters. The van der Waals surface area contributed by atoms with Crippen LogP contribution in [-0.2, 0) is 45.3 Å². The van der Waals surface area contributed by atoms with E-state index in [9.17, 15) is 56.9 Å². The van der Waals surface area contributed by atoms with Crippen LogP contribution < -0.4 is 10.7 Å². The number of hydrogen-bond donors (Lipinski definition) is 6. The fourth-order valence-electron chi connectivity index (χ4n) is 4.81. The van der Waals surface area contributed by atoms with Crippen LogP contribution >= 0.6 is 0 Å². The zero-order valence-corrected chi connectivity index (χ0v) is 28.5. The van der Waals surface area contributed by atoms with Crippen molar-refractivity contribution in [2.45, 2.75) is 21.6 Å². The van der Waals surface area contributed by atoms with E-state index < -0.39 is 88.6 Å². The van der Waals surface area contributed by atoms with Crippen LogP contribution in [0.25, 0.3) is 16.8 Å². The van der Waals surface area contributed by atoms with Crippen molar-refractivity contribution in [3.63, 3.8) is 0 Å². The molecule has 0 saturated carbocycles. The van der Waals surface area contributed by atoms with Gasteiger partial charge in [-0.05, 0) is 66.7 Å². The van der Waals surface area contributed by atoms with Crippen LogP contribution in [0, 0.1) is 0 Å². The Hall–Kier alpha value is -1.27. The number of ketones is 1. The number of allylic oxidation sites excluding steroid dienone is 1. The molecule has 274 valence electrons. The van der Waals surface area contributed by atoms with Crippen molar-refractivity contribution >= 4 is 216 Å². The van der Waals surface area contributed by atoms with Crippen molar-refractivity contribution in [2.24, 2.45) is 15.3 Å². The van der Waals surface area contributed by atoms with Gasteiger partial charge in [0.25, 0.3) is 40.5 Å². The number of fused-ring (bicyclic) bond motifs is 2. The number of rotatable bonds is 9. The predicted molar refractivity (Wildman–Crippen MR) is 208 cm³/mol. The average Bonchev–Trinajstić information content (AvgIpc) is 3.01. The summed E-state index contributed by atoms with van der Waals surface area (Å²) in [4.78, 5) is 22.4. The summed E-state index contributed by atoms with van der Waals surface area (Å²) < 4.78 is 134. The standard InChI is InChI=1S/C28H21N5O14S4.4Na.4H/c1-14(34)29-23-10-11-24(50(42,43)44)20-13-25(51(45,46)47)27(28(35)26(20)23)33-32-22-9-8-21(18-7-6-17(12-19(18)22)49(39,40)41)31-30-15-2-4-16(5-3-15)48(36,37)38;;;;;;;;/h2-13,32H,1H3,(H,29,34)(H,36,37,38)(H,39,40,41)(H,42,43,44)(H,45,46,47);;;;;;;;/b31-30?,33-27+;;;;;;;;. The van der Waals surface area contributed by atoms with Crippen LogP contribution in [0.2, 0.25) is 0 Å². The van der Waals surface area contributed by atoms with Gasteiger partial charge in [0.15, 0.2) is 5.71 Å². The number of nitrogens with one attached hydrogen (secondary N) is 2. The Kier molecular flexibility index (Phi) is 18.5. The summed E-state index contributed by atoms with van der Waals surface area (Å²) in [6, 6.07) is 12.1. The number of amides is 1. The summed E-state index contributed by atoms with van der Waals surface area (Å²) in [6.45, 7) is 1.06. The zero-order valence-electron chi connectivity index (χ0n) is 25.3. The minimum atomic E-state index is -5.35. The Morgan fingerprint density at radius 1 is 0.636 bits per heavy atom. The fraction of sp³-hybridized carbons (Fsp3) is 0.0357. The minimum absolute atomic E-state index is 0. The summed E-state index contributed by atoms with van der Waals surface area (Å²) in [5.41, 5.74) is -0.180. The molecule has 5 rings (SSSR count). The van der Waals surface area contributed by atoms with Gasteiger partial charge in [-0.2, -0.15) is 43.9 Å². The van der Waals surface area contributed by atoms with E-state index >= 15 is 0 Å². The van der Waals surface area contributed by atoms with E-state index in [-0.39, 0.29) is 152 Å². The first-order chi connectivity index (χ1) is 23.6. The molecule has 0 fully saturated rings. The van der Waals surface area contributed by atoms with E-state index in [1.165, 1.54) is 30.3 Å². The van der Waals surface area contributed by atoms with Gasteiger partial charge in [0.05, 0.1) is 38.1 Å². The molecule has 27 heteroatoms. The average molecular weight is 876 g/mol. The normalized spacial score (nSPS) is 13.7. The van der Waals surface area contributed by atoms with Crippen LogP contribution in [0.5, 0.6) is 0 Å². The van der Waals surface area contributed by atoms with Crippen LogP contribution in [0.3, 0.4) is 0 Å². The van der Waals surface area contributed by atoms with Crippen LogP contribution in [0.1, 0.15) is 22.8 Å². The van der Waals surface area contributed by atoms with E-state index in [4.69, 9.17) is 4.55 Å². The Morgan fingerprint density at radius 3 is 1.73 bits per heavy atom. The van der Waals surface area contributed by atoms with Gasteiger partial charge in [0.2, 0.25) is 11.7 Å². The maximum atomic E-state index is 13.8. The predicted octanol–water partition coefficient (Wildman–Crippen LogP) is 1.25. The van der Waals surface area contributed by atoms with Crippen LogP contribution in [0.4, 0.5) is 22.7 Å². The molecule has 0 saturated heterocycles. The van der Waals surface area contributed by atoms with E-state index in [0.29, 0.717) is 6.08 Å². The molecule has 4 aromatic carbocycles. The number of azo groups is 1. The Bertz CT molecular complexity index is 2750. The third-order valence-corrected chi connectivity index (χ3v) is 10.5. The molecule has 55 heavy (non-hydrogen) atoms. The number of Topliss-reactive ketones (excluding diaryl/α,β-unsaturated/α-hetero) is 1. The quantitative estimate of drug-likeness (QED) is 0.0597. The summed E-state index contributed by atoms with van der Waals surface area (Å²) in [5, 5.41) is 14.3. The van der Waals surface area contributed by atoms with Gasteiger partial charge >= 0.3 is 118 Å². The Labute approximate surface area is 402 Å². The van der Waals surface area contributed by atoms with E-state index in [2.05, 4.69) is 26.1 Å². The van der Waals surface area contributed by atoms with Crippen molar-refractivity contribution in [1.29, 1.82) is 0 Å². The monoisotopic (exact) mass is 875 g/mol. The molecule has 1 aliphatic rings. The Balaban J connectivity index is 0.00000378. The molecule has 0 aromatic heterocycles. The molecule has 0 aliphatic heterocycles. The van der Waals surface area contributed by atoms with Crippen molar-refractivity contribution in [1.82, 2.24) is 0 Å². The molecular formula is C28H25N5Na4O14S4. The fourth-order valence-corrected chi connectivity index (χ4v) is 7.12. The number of carbonyl (C=O) groups is 2. The number of hydrogen-bond acceptors (Lipinski definition) is 14. The van der Waals surface area contributed by atoms with Crippen molar-refractivity contribution in [2.75, 3.05) is 10.7 Å². The zero-order chi connectivity index (χ0) is 37.7. The second kappa shape index (κ2) is 19.7. The number of anilines is 2. The summed E-state index contributed by atoms with van der Waals surface area (Å²) >= 11 is 0. The molecule has 0 heterocycles. The number of nitrogens with zero attached hydrogens (tertiary/aromatic N) is 3. The van der Waals surface area contributed by atoms with E-state index in [1.807, 2.05) is 0 Å². The number of benzene rings is 4. The second-order valence-electron chi connectivity index (χ2n) is 10.4. The molecule has 0 bridgehead atoms. The van der Waals surface area contributed by atoms with Crippen molar-refractivity contribution in [3.8, 4) is 0 Å². The first kappa shape index (κ1) is 51.7. The SMILES string of the molecule is CC(=O)Nc1ccc(S(=O)(=O)O)c2c1C(=O)/C(=N/Nc1ccc(N=Nc3ccc(S(=O)(=O)O)cc3)c3ccc(S(=O)(=O)O)cc13)C(S(=O)(=O)O)=C2.[NaH].[NaH].[NaH].[NaH]. The molecular weight excluding hydrogens is 851 g/mol. The van der Waals surface area contributed by atoms with Gasteiger partial charge in [-0.3, -0.25) is 33.2 Å². The Morgan fingerprint density at radius 2 is 1.20 bits per heavy atom.